The van der Waals surface area contributed by atoms with Gasteiger partial charge in [-0.3, -0.25) is 0 Å². The Labute approximate surface area is 57.7 Å². The van der Waals surface area contributed by atoms with E-state index >= 15 is 0 Å². The highest BCUT2D eigenvalue weighted by atomic mass is 16.5. The van der Waals surface area contributed by atoms with Crippen molar-refractivity contribution in [2.24, 2.45) is 0 Å². The van der Waals surface area contributed by atoms with Crippen LogP contribution in [0.15, 0.2) is 11.8 Å². The Bertz CT molecular complexity index is 173. The van der Waals surface area contributed by atoms with Gasteiger partial charge in [0.25, 0.3) is 0 Å². The van der Waals surface area contributed by atoms with Crippen molar-refractivity contribution < 1.29 is 19.7 Å². The molecule has 0 radical (unpaired) electrons. The van der Waals surface area contributed by atoms with Crippen LogP contribution in [0.5, 0.6) is 0 Å². The van der Waals surface area contributed by atoms with Crippen molar-refractivity contribution in [3.63, 3.8) is 0 Å². The third kappa shape index (κ3) is 1.27. The van der Waals surface area contributed by atoms with Gasteiger partial charge < -0.3 is 14.9 Å². The molecule has 2 N–H and O–H groups in total. The van der Waals surface area contributed by atoms with E-state index < -0.39 is 12.1 Å². The molecule has 0 fully saturated rings. The standard InChI is InChI=1S/C6H8O4/c7-3-4-1-2-5(10-4)6(8)9/h1,5,7H,2-3H2,(H,8,9). The summed E-state index contributed by atoms with van der Waals surface area (Å²) >= 11 is 0. The Morgan fingerprint density at radius 3 is 2.90 bits per heavy atom. The van der Waals surface area contributed by atoms with Gasteiger partial charge in [-0.15, -0.1) is 0 Å². The first-order valence-corrected chi connectivity index (χ1v) is 2.93. The van der Waals surface area contributed by atoms with E-state index in [1.54, 1.807) is 6.08 Å². The molecule has 1 heterocycles. The predicted octanol–water partition coefficient (Wildman–Crippen LogP) is -0.264. The molecule has 4 heteroatoms. The lowest BCUT2D eigenvalue weighted by molar-refractivity contribution is -0.146. The van der Waals surface area contributed by atoms with E-state index in [-0.39, 0.29) is 6.61 Å². The maximum Gasteiger partial charge on any atom is 0.345 e. The highest BCUT2D eigenvalue weighted by Crippen LogP contribution is 2.15. The molecule has 0 spiro atoms. The van der Waals surface area contributed by atoms with Gasteiger partial charge in [0.1, 0.15) is 12.4 Å². The van der Waals surface area contributed by atoms with E-state index in [1.807, 2.05) is 0 Å². The number of carbonyl (C=O) groups is 1. The SMILES string of the molecule is O=C(O)C1CC=C(CO)O1. The molecule has 1 aliphatic heterocycles. The molecule has 0 aromatic rings. The molecular formula is C6H8O4. The van der Waals surface area contributed by atoms with Crippen molar-refractivity contribution in [1.29, 1.82) is 0 Å². The number of ether oxygens (including phenoxy) is 1. The zero-order valence-electron chi connectivity index (χ0n) is 5.28. The summed E-state index contributed by atoms with van der Waals surface area (Å²) in [6.45, 7) is -0.218. The van der Waals surface area contributed by atoms with Crippen LogP contribution in [0.2, 0.25) is 0 Å². The van der Waals surface area contributed by atoms with E-state index in [4.69, 9.17) is 14.9 Å². The highest BCUT2D eigenvalue weighted by Gasteiger charge is 2.23. The molecule has 4 nitrogen and oxygen atoms in total. The number of aliphatic carboxylic acids is 1. The van der Waals surface area contributed by atoms with Crippen LogP contribution < -0.4 is 0 Å². The lowest BCUT2D eigenvalue weighted by atomic mass is 10.3. The molecule has 0 amide bonds. The zero-order valence-corrected chi connectivity index (χ0v) is 5.28. The molecule has 1 unspecified atom stereocenters. The third-order valence-corrected chi connectivity index (χ3v) is 1.28. The second-order valence-corrected chi connectivity index (χ2v) is 2.01. The van der Waals surface area contributed by atoms with E-state index in [0.717, 1.165) is 0 Å². The van der Waals surface area contributed by atoms with Crippen LogP contribution in [0, 0.1) is 0 Å². The van der Waals surface area contributed by atoms with Gasteiger partial charge in [-0.2, -0.15) is 0 Å². The quantitative estimate of drug-likeness (QED) is 0.560. The second-order valence-electron chi connectivity index (χ2n) is 2.01. The van der Waals surface area contributed by atoms with Crippen LogP contribution in [0.4, 0.5) is 0 Å². The largest absolute Gasteiger partial charge is 0.481 e. The number of hydrogen-bond acceptors (Lipinski definition) is 3. The first kappa shape index (κ1) is 7.08. The summed E-state index contributed by atoms with van der Waals surface area (Å²) < 4.78 is 4.78. The molecule has 1 rings (SSSR count). The normalized spacial score (nSPS) is 23.7. The van der Waals surface area contributed by atoms with Gasteiger partial charge >= 0.3 is 5.97 Å². The molecule has 0 aromatic carbocycles. The van der Waals surface area contributed by atoms with Crippen LogP contribution in [0.3, 0.4) is 0 Å². The fourth-order valence-electron chi connectivity index (χ4n) is 0.770. The summed E-state index contributed by atoms with van der Waals surface area (Å²) in [5, 5.41) is 16.9. The first-order valence-electron chi connectivity index (χ1n) is 2.93. The van der Waals surface area contributed by atoms with Gasteiger partial charge in [0.2, 0.25) is 0 Å². The fourth-order valence-corrected chi connectivity index (χ4v) is 0.770. The Morgan fingerprint density at radius 2 is 2.60 bits per heavy atom. The topological polar surface area (TPSA) is 66.8 Å². The number of carboxylic acid groups (broad SMARTS) is 1. The average Bonchev–Trinajstić information content (AvgIpc) is 2.34. The number of aliphatic hydroxyl groups is 1. The molecule has 10 heavy (non-hydrogen) atoms. The minimum atomic E-state index is -0.986. The van der Waals surface area contributed by atoms with Gasteiger partial charge in [0, 0.05) is 6.42 Å². The summed E-state index contributed by atoms with van der Waals surface area (Å²) in [5.41, 5.74) is 0. The molecule has 1 atom stereocenters. The lowest BCUT2D eigenvalue weighted by Crippen LogP contribution is -2.19. The van der Waals surface area contributed by atoms with Crippen LogP contribution in [-0.4, -0.2) is 28.9 Å². The van der Waals surface area contributed by atoms with Gasteiger partial charge in [0.15, 0.2) is 6.10 Å². The Hall–Kier alpha value is -1.03. The minimum Gasteiger partial charge on any atom is -0.481 e. The second kappa shape index (κ2) is 2.70. The van der Waals surface area contributed by atoms with E-state index in [1.165, 1.54) is 0 Å². The van der Waals surface area contributed by atoms with Gasteiger partial charge in [-0.25, -0.2) is 4.79 Å². The van der Waals surface area contributed by atoms with Crippen molar-refractivity contribution in [2.45, 2.75) is 12.5 Å². The predicted molar refractivity (Wildman–Crippen MR) is 32.3 cm³/mol. The van der Waals surface area contributed by atoms with Crippen LogP contribution >= 0.6 is 0 Å². The molecule has 56 valence electrons. The van der Waals surface area contributed by atoms with Gasteiger partial charge in [-0.1, -0.05) is 0 Å². The molecule has 0 saturated heterocycles. The summed E-state index contributed by atoms with van der Waals surface area (Å²) in [5.74, 6) is -0.632. The fraction of sp³-hybridized carbons (Fsp3) is 0.500. The first-order chi connectivity index (χ1) is 4.74. The molecular weight excluding hydrogens is 136 g/mol. The third-order valence-electron chi connectivity index (χ3n) is 1.28. The van der Waals surface area contributed by atoms with Gasteiger partial charge in [-0.05, 0) is 6.08 Å². The maximum atomic E-state index is 10.2. The monoisotopic (exact) mass is 144 g/mol. The number of carboxylic acids is 1. The van der Waals surface area contributed by atoms with E-state index in [2.05, 4.69) is 0 Å². The number of aliphatic hydroxyl groups excluding tert-OH is 1. The molecule has 0 aromatic heterocycles. The van der Waals surface area contributed by atoms with Crippen molar-refractivity contribution in [3.05, 3.63) is 11.8 Å². The Morgan fingerprint density at radius 1 is 1.90 bits per heavy atom. The number of rotatable bonds is 2. The summed E-state index contributed by atoms with van der Waals surface area (Å²) in [6.07, 6.45) is 1.14. The summed E-state index contributed by atoms with van der Waals surface area (Å²) in [4.78, 5) is 10.2. The maximum absolute atomic E-state index is 10.2. The lowest BCUT2D eigenvalue weighted by Gasteiger charge is -2.05. The van der Waals surface area contributed by atoms with Crippen LogP contribution in [0.1, 0.15) is 6.42 Å². The molecule has 0 bridgehead atoms. The van der Waals surface area contributed by atoms with Crippen LogP contribution in [-0.2, 0) is 9.53 Å². The Kier molecular flexibility index (Phi) is 1.91. The zero-order chi connectivity index (χ0) is 7.56. The van der Waals surface area contributed by atoms with Crippen molar-refractivity contribution in [3.8, 4) is 0 Å². The van der Waals surface area contributed by atoms with Crippen molar-refractivity contribution in [1.82, 2.24) is 0 Å². The van der Waals surface area contributed by atoms with E-state index in [9.17, 15) is 4.79 Å². The van der Waals surface area contributed by atoms with E-state index in [0.29, 0.717) is 12.2 Å². The minimum absolute atomic E-state index is 0.218. The van der Waals surface area contributed by atoms with Crippen molar-refractivity contribution >= 4 is 5.97 Å². The molecule has 1 aliphatic rings. The van der Waals surface area contributed by atoms with Crippen molar-refractivity contribution in [2.75, 3.05) is 6.61 Å². The summed E-state index contributed by atoms with van der Waals surface area (Å²) in [6, 6.07) is 0. The van der Waals surface area contributed by atoms with Gasteiger partial charge in [0.05, 0.1) is 0 Å². The molecule has 0 aliphatic carbocycles. The Balaban J connectivity index is 2.43. The number of hydrogen-bond donors (Lipinski definition) is 2. The average molecular weight is 144 g/mol. The molecule has 0 saturated carbocycles. The smallest absolute Gasteiger partial charge is 0.345 e. The highest BCUT2D eigenvalue weighted by molar-refractivity contribution is 5.73. The van der Waals surface area contributed by atoms with Crippen LogP contribution in [0.25, 0.3) is 0 Å². The summed E-state index contributed by atoms with van der Waals surface area (Å²) in [7, 11) is 0.